The molecule has 1 aliphatic carbocycles. The second kappa shape index (κ2) is 4.39. The van der Waals surface area contributed by atoms with Gasteiger partial charge in [0.15, 0.2) is 5.69 Å². The molecule has 0 saturated heterocycles. The summed E-state index contributed by atoms with van der Waals surface area (Å²) in [7, 11) is 1.83. The van der Waals surface area contributed by atoms with Crippen molar-refractivity contribution in [2.45, 2.75) is 45.1 Å². The lowest BCUT2D eigenvalue weighted by Crippen LogP contribution is -2.41. The van der Waals surface area contributed by atoms with Crippen LogP contribution < -0.4 is 5.73 Å². The van der Waals surface area contributed by atoms with Crippen LogP contribution >= 0.6 is 0 Å². The smallest absolute Gasteiger partial charge is 0.276 e. The Balaban J connectivity index is 2.18. The summed E-state index contributed by atoms with van der Waals surface area (Å²) in [4.78, 5) is 14.0. The van der Waals surface area contributed by atoms with E-state index >= 15 is 0 Å². The van der Waals surface area contributed by atoms with Gasteiger partial charge in [-0.1, -0.05) is 13.8 Å². The number of rotatable bonds is 3. The van der Waals surface area contributed by atoms with E-state index in [4.69, 9.17) is 5.73 Å². The lowest BCUT2D eigenvalue weighted by molar-refractivity contribution is 0.0647. The number of nitrogen functional groups attached to an aromatic ring is 1. The van der Waals surface area contributed by atoms with Crippen molar-refractivity contribution in [3.05, 3.63) is 11.4 Å². The molecule has 3 N–H and O–H groups in total. The van der Waals surface area contributed by atoms with E-state index in [2.05, 4.69) is 10.2 Å². The summed E-state index contributed by atoms with van der Waals surface area (Å²) in [6.45, 7) is 4.04. The van der Waals surface area contributed by atoms with E-state index in [1.165, 1.54) is 6.42 Å². The van der Waals surface area contributed by atoms with Crippen molar-refractivity contribution in [2.75, 3.05) is 12.8 Å². The van der Waals surface area contributed by atoms with Crippen molar-refractivity contribution >= 4 is 11.6 Å². The van der Waals surface area contributed by atoms with Gasteiger partial charge in [-0.25, -0.2) is 0 Å². The molecule has 0 aliphatic heterocycles. The van der Waals surface area contributed by atoms with Crippen molar-refractivity contribution in [3.8, 4) is 0 Å². The second-order valence-corrected chi connectivity index (χ2v) is 5.06. The maximum Gasteiger partial charge on any atom is 0.276 e. The fraction of sp³-hybridized carbons (Fsp3) is 0.667. The highest BCUT2D eigenvalue weighted by molar-refractivity contribution is 5.97. The zero-order valence-corrected chi connectivity index (χ0v) is 10.7. The Kier molecular flexibility index (Phi) is 3.09. The molecule has 1 fully saturated rings. The molecule has 0 aromatic carbocycles. The van der Waals surface area contributed by atoms with Gasteiger partial charge in [0.2, 0.25) is 0 Å². The molecule has 1 aromatic rings. The van der Waals surface area contributed by atoms with E-state index < -0.39 is 0 Å². The highest BCUT2D eigenvalue weighted by atomic mass is 16.2. The minimum absolute atomic E-state index is 0.0737. The Hall–Kier alpha value is -1.52. The quantitative estimate of drug-likeness (QED) is 0.839. The second-order valence-electron chi connectivity index (χ2n) is 5.06. The van der Waals surface area contributed by atoms with Crippen LogP contribution in [0.4, 0.5) is 5.69 Å². The van der Waals surface area contributed by atoms with Crippen molar-refractivity contribution in [1.29, 1.82) is 0 Å². The van der Waals surface area contributed by atoms with Crippen LogP contribution in [0.25, 0.3) is 0 Å². The van der Waals surface area contributed by atoms with Crippen LogP contribution in [0, 0.1) is 0 Å². The Morgan fingerprint density at radius 1 is 1.53 bits per heavy atom. The van der Waals surface area contributed by atoms with Crippen molar-refractivity contribution in [3.63, 3.8) is 0 Å². The van der Waals surface area contributed by atoms with Gasteiger partial charge >= 0.3 is 0 Å². The lowest BCUT2D eigenvalue weighted by Gasteiger charge is -2.34. The normalized spacial score (nSPS) is 16.0. The largest absolute Gasteiger partial charge is 0.395 e. The van der Waals surface area contributed by atoms with E-state index in [0.717, 1.165) is 18.5 Å². The average molecular weight is 236 g/mol. The fourth-order valence-corrected chi connectivity index (χ4v) is 2.07. The van der Waals surface area contributed by atoms with E-state index in [-0.39, 0.29) is 11.8 Å². The number of nitrogens with two attached hydrogens (primary N) is 1. The zero-order valence-electron chi connectivity index (χ0n) is 10.7. The third kappa shape index (κ3) is 2.01. The predicted molar refractivity (Wildman–Crippen MR) is 66.8 cm³/mol. The first-order valence-corrected chi connectivity index (χ1v) is 6.13. The maximum absolute atomic E-state index is 12.2. The number of hydrogen-bond acceptors (Lipinski definition) is 3. The van der Waals surface area contributed by atoms with Gasteiger partial charge in [-0.2, -0.15) is 5.10 Å². The van der Waals surface area contributed by atoms with Crippen LogP contribution in [0.1, 0.15) is 55.2 Å². The predicted octanol–water partition coefficient (Wildman–Crippen LogP) is 1.74. The van der Waals surface area contributed by atoms with Crippen LogP contribution in [0.15, 0.2) is 0 Å². The summed E-state index contributed by atoms with van der Waals surface area (Å²) in [5, 5.41) is 6.92. The fourth-order valence-electron chi connectivity index (χ4n) is 2.07. The molecule has 0 atom stereocenters. The Labute approximate surface area is 101 Å². The molecule has 5 nitrogen and oxygen atoms in total. The molecule has 0 bridgehead atoms. The van der Waals surface area contributed by atoms with Crippen LogP contribution in [0.2, 0.25) is 0 Å². The molecule has 2 rings (SSSR count). The molecule has 1 heterocycles. The monoisotopic (exact) mass is 236 g/mol. The molecule has 0 spiro atoms. The average Bonchev–Trinajstić information content (AvgIpc) is 2.56. The van der Waals surface area contributed by atoms with Gasteiger partial charge in [0, 0.05) is 13.1 Å². The third-order valence-electron chi connectivity index (χ3n) is 3.56. The summed E-state index contributed by atoms with van der Waals surface area (Å²) in [6.07, 6.45) is 3.38. The molecule has 0 radical (unpaired) electrons. The van der Waals surface area contributed by atoms with Gasteiger partial charge in [-0.05, 0) is 25.2 Å². The molecular weight excluding hydrogens is 216 g/mol. The molecule has 1 saturated carbocycles. The van der Waals surface area contributed by atoms with E-state index in [9.17, 15) is 4.79 Å². The minimum atomic E-state index is -0.0737. The highest BCUT2D eigenvalue weighted by Crippen LogP contribution is 2.27. The number of anilines is 1. The van der Waals surface area contributed by atoms with Crippen molar-refractivity contribution < 1.29 is 4.79 Å². The lowest BCUT2D eigenvalue weighted by atomic mass is 9.91. The standard InChI is InChI=1S/C12H20N4O/c1-7(2)10-9(13)11(15-14-10)12(17)16(3)8-5-4-6-8/h7-8H,4-6,13H2,1-3H3,(H,14,15). The number of H-pyrrole nitrogens is 1. The van der Waals surface area contributed by atoms with Gasteiger partial charge < -0.3 is 10.6 Å². The van der Waals surface area contributed by atoms with E-state index in [1.807, 2.05) is 20.9 Å². The number of aromatic nitrogens is 2. The topological polar surface area (TPSA) is 75.0 Å². The summed E-state index contributed by atoms with van der Waals surface area (Å²) in [5.74, 6) is 0.174. The van der Waals surface area contributed by atoms with Gasteiger partial charge in [0.25, 0.3) is 5.91 Å². The van der Waals surface area contributed by atoms with Gasteiger partial charge in [-0.3, -0.25) is 9.89 Å². The number of hydrogen-bond donors (Lipinski definition) is 2. The van der Waals surface area contributed by atoms with Crippen LogP contribution in [-0.2, 0) is 0 Å². The first-order valence-electron chi connectivity index (χ1n) is 6.13. The third-order valence-corrected chi connectivity index (χ3v) is 3.56. The Bertz CT molecular complexity index is 420. The Morgan fingerprint density at radius 3 is 2.59 bits per heavy atom. The van der Waals surface area contributed by atoms with E-state index in [1.54, 1.807) is 4.90 Å². The van der Waals surface area contributed by atoms with Gasteiger partial charge in [-0.15, -0.1) is 0 Å². The maximum atomic E-state index is 12.2. The van der Waals surface area contributed by atoms with Crippen molar-refractivity contribution in [2.24, 2.45) is 0 Å². The number of carbonyl (C=O) groups is 1. The number of nitrogens with zero attached hydrogens (tertiary/aromatic N) is 2. The molecule has 0 unspecified atom stereocenters. The summed E-state index contributed by atoms with van der Waals surface area (Å²) in [6, 6.07) is 0.362. The molecule has 17 heavy (non-hydrogen) atoms. The molecule has 1 aromatic heterocycles. The van der Waals surface area contributed by atoms with Gasteiger partial charge in [0.1, 0.15) is 0 Å². The first kappa shape index (κ1) is 12.0. The van der Waals surface area contributed by atoms with Gasteiger partial charge in [0.05, 0.1) is 11.4 Å². The minimum Gasteiger partial charge on any atom is -0.395 e. The number of carbonyl (C=O) groups excluding carboxylic acids is 1. The van der Waals surface area contributed by atoms with Crippen LogP contribution in [-0.4, -0.2) is 34.1 Å². The molecular formula is C12H20N4O. The SMILES string of the molecule is CC(C)c1[nH]nc(C(=O)N(C)C2CCC2)c1N. The molecule has 94 valence electrons. The molecule has 1 aliphatic rings. The van der Waals surface area contributed by atoms with Crippen LogP contribution in [0.3, 0.4) is 0 Å². The zero-order chi connectivity index (χ0) is 12.6. The first-order chi connectivity index (χ1) is 8.02. The van der Waals surface area contributed by atoms with Crippen molar-refractivity contribution in [1.82, 2.24) is 15.1 Å². The summed E-state index contributed by atoms with van der Waals surface area (Å²) >= 11 is 0. The number of aromatic amines is 1. The summed E-state index contributed by atoms with van der Waals surface area (Å²) < 4.78 is 0. The Morgan fingerprint density at radius 2 is 2.18 bits per heavy atom. The molecule has 5 heteroatoms. The number of nitrogens with one attached hydrogen (secondary N) is 1. The molecule has 1 amide bonds. The van der Waals surface area contributed by atoms with E-state index in [0.29, 0.717) is 17.4 Å². The highest BCUT2D eigenvalue weighted by Gasteiger charge is 2.29. The van der Waals surface area contributed by atoms with Crippen LogP contribution in [0.5, 0.6) is 0 Å². The summed E-state index contributed by atoms with van der Waals surface area (Å²) in [5.41, 5.74) is 7.66. The number of amides is 1.